The summed E-state index contributed by atoms with van der Waals surface area (Å²) >= 11 is 3.26. The highest BCUT2D eigenvalue weighted by Gasteiger charge is 2.25. The molecule has 6 nitrogen and oxygen atoms in total. The number of phenolic OH excluding ortho intramolecular Hbond substituents is 1. The Kier molecular flexibility index (Phi) is 6.31. The van der Waals surface area contributed by atoms with Crippen molar-refractivity contribution in [2.45, 2.75) is 6.92 Å². The van der Waals surface area contributed by atoms with Crippen molar-refractivity contribution in [3.8, 4) is 5.75 Å². The molecule has 0 aliphatic carbocycles. The topological polar surface area (TPSA) is 72.9 Å². The fourth-order valence-electron chi connectivity index (χ4n) is 3.11. The lowest BCUT2D eigenvalue weighted by Crippen LogP contribution is -2.50. The number of nitrogens with zero attached hydrogens (tertiary/aromatic N) is 2. The number of aromatic hydroxyl groups is 1. The molecule has 0 atom stereocenters. The second-order valence-corrected chi connectivity index (χ2v) is 7.62. The van der Waals surface area contributed by atoms with E-state index in [0.29, 0.717) is 36.3 Å². The fraction of sp³-hybridized carbons (Fsp3) is 0.300. The van der Waals surface area contributed by atoms with Crippen molar-refractivity contribution < 1.29 is 19.1 Å². The van der Waals surface area contributed by atoms with Gasteiger partial charge in [0.1, 0.15) is 11.6 Å². The Morgan fingerprint density at radius 2 is 1.79 bits per heavy atom. The van der Waals surface area contributed by atoms with E-state index in [1.165, 1.54) is 24.3 Å². The van der Waals surface area contributed by atoms with Crippen LogP contribution < -0.4 is 5.32 Å². The van der Waals surface area contributed by atoms with E-state index in [2.05, 4.69) is 21.2 Å². The average molecular weight is 450 g/mol. The van der Waals surface area contributed by atoms with E-state index in [4.69, 9.17) is 0 Å². The number of benzene rings is 2. The number of anilines is 1. The molecule has 1 heterocycles. The van der Waals surface area contributed by atoms with Gasteiger partial charge < -0.3 is 15.3 Å². The summed E-state index contributed by atoms with van der Waals surface area (Å²) in [5, 5.41) is 12.9. The van der Waals surface area contributed by atoms with Crippen molar-refractivity contribution in [3.05, 3.63) is 57.8 Å². The van der Waals surface area contributed by atoms with Crippen LogP contribution in [0.5, 0.6) is 5.75 Å². The number of carbonyl (C=O) groups excluding carboxylic acids is 2. The summed E-state index contributed by atoms with van der Waals surface area (Å²) in [6, 6.07) is 9.03. The Bertz CT molecular complexity index is 881. The molecular formula is C20H21BrFN3O3. The summed E-state index contributed by atoms with van der Waals surface area (Å²) in [5.41, 5.74) is 1.69. The molecule has 1 saturated heterocycles. The monoisotopic (exact) mass is 449 g/mol. The van der Waals surface area contributed by atoms with Gasteiger partial charge in [-0.1, -0.05) is 0 Å². The van der Waals surface area contributed by atoms with Crippen LogP contribution in [0.2, 0.25) is 0 Å². The maximum Gasteiger partial charge on any atom is 0.257 e. The van der Waals surface area contributed by atoms with Crippen molar-refractivity contribution in [2.24, 2.45) is 0 Å². The van der Waals surface area contributed by atoms with Crippen molar-refractivity contribution >= 4 is 33.4 Å². The van der Waals surface area contributed by atoms with E-state index in [1.807, 2.05) is 11.8 Å². The largest absolute Gasteiger partial charge is 0.506 e. The van der Waals surface area contributed by atoms with E-state index in [9.17, 15) is 19.1 Å². The Hall–Kier alpha value is -2.45. The quantitative estimate of drug-likeness (QED) is 0.752. The smallest absolute Gasteiger partial charge is 0.257 e. The van der Waals surface area contributed by atoms with Crippen LogP contribution in [0.3, 0.4) is 0 Å². The minimum atomic E-state index is -0.356. The van der Waals surface area contributed by atoms with Gasteiger partial charge in [0, 0.05) is 31.9 Å². The molecule has 1 aliphatic heterocycles. The number of carbonyl (C=O) groups is 2. The predicted molar refractivity (Wildman–Crippen MR) is 108 cm³/mol. The van der Waals surface area contributed by atoms with Crippen molar-refractivity contribution in [3.63, 3.8) is 0 Å². The minimum Gasteiger partial charge on any atom is -0.506 e. The minimum absolute atomic E-state index is 0.0586. The van der Waals surface area contributed by atoms with Gasteiger partial charge in [0.15, 0.2) is 0 Å². The summed E-state index contributed by atoms with van der Waals surface area (Å²) in [5.74, 6) is -0.828. The lowest BCUT2D eigenvalue weighted by Gasteiger charge is -2.34. The van der Waals surface area contributed by atoms with Gasteiger partial charge in [-0.25, -0.2) is 4.39 Å². The van der Waals surface area contributed by atoms with Gasteiger partial charge in [0.05, 0.1) is 16.6 Å². The molecule has 2 amide bonds. The number of halogens is 2. The molecule has 8 heteroatoms. The van der Waals surface area contributed by atoms with Crippen molar-refractivity contribution in [1.29, 1.82) is 0 Å². The third kappa shape index (κ3) is 4.88. The van der Waals surface area contributed by atoms with Crippen molar-refractivity contribution in [1.82, 2.24) is 9.80 Å². The zero-order valence-corrected chi connectivity index (χ0v) is 17.0. The van der Waals surface area contributed by atoms with Gasteiger partial charge in [-0.05, 0) is 64.8 Å². The van der Waals surface area contributed by atoms with Crippen LogP contribution in [-0.4, -0.2) is 59.4 Å². The highest BCUT2D eigenvalue weighted by Crippen LogP contribution is 2.30. The van der Waals surface area contributed by atoms with E-state index in [1.54, 1.807) is 17.0 Å². The molecule has 148 valence electrons. The lowest BCUT2D eigenvalue weighted by atomic mass is 10.1. The van der Waals surface area contributed by atoms with Gasteiger partial charge >= 0.3 is 0 Å². The Labute approximate surface area is 171 Å². The molecule has 3 rings (SSSR count). The number of hydrogen-bond donors (Lipinski definition) is 2. The van der Waals surface area contributed by atoms with Crippen molar-refractivity contribution in [2.75, 3.05) is 38.0 Å². The molecule has 2 aromatic rings. The molecule has 1 aliphatic rings. The molecule has 2 aromatic carbocycles. The molecule has 0 aromatic heterocycles. The van der Waals surface area contributed by atoms with Crippen LogP contribution in [0, 0.1) is 12.7 Å². The first-order valence-corrected chi connectivity index (χ1v) is 9.69. The number of rotatable bonds is 4. The number of amides is 2. The molecular weight excluding hydrogens is 429 g/mol. The van der Waals surface area contributed by atoms with Crippen LogP contribution >= 0.6 is 15.9 Å². The Morgan fingerprint density at radius 1 is 1.14 bits per heavy atom. The first kappa shape index (κ1) is 20.3. The van der Waals surface area contributed by atoms with Crippen LogP contribution in [-0.2, 0) is 4.79 Å². The van der Waals surface area contributed by atoms with Crippen LogP contribution in [0.4, 0.5) is 10.1 Å². The zero-order chi connectivity index (χ0) is 20.3. The maximum atomic E-state index is 12.9. The van der Waals surface area contributed by atoms with Gasteiger partial charge in [-0.2, -0.15) is 0 Å². The first-order valence-electron chi connectivity index (χ1n) is 8.89. The third-order valence-corrected chi connectivity index (χ3v) is 5.20. The molecule has 0 bridgehead atoms. The molecule has 0 radical (unpaired) electrons. The summed E-state index contributed by atoms with van der Waals surface area (Å²) in [6.45, 7) is 4.09. The molecule has 0 unspecified atom stereocenters. The van der Waals surface area contributed by atoms with Gasteiger partial charge in [0.25, 0.3) is 5.91 Å². The summed E-state index contributed by atoms with van der Waals surface area (Å²) in [6.07, 6.45) is 0. The van der Waals surface area contributed by atoms with Gasteiger partial charge in [-0.15, -0.1) is 0 Å². The van der Waals surface area contributed by atoms with Crippen LogP contribution in [0.25, 0.3) is 0 Å². The number of piperazine rings is 1. The molecule has 2 N–H and O–H groups in total. The zero-order valence-electron chi connectivity index (χ0n) is 15.4. The lowest BCUT2D eigenvalue weighted by molar-refractivity contribution is -0.117. The van der Waals surface area contributed by atoms with E-state index < -0.39 is 0 Å². The van der Waals surface area contributed by atoms with Gasteiger partial charge in [0.2, 0.25) is 5.91 Å². The average Bonchev–Trinajstić information content (AvgIpc) is 2.66. The number of hydrogen-bond acceptors (Lipinski definition) is 4. The van der Waals surface area contributed by atoms with E-state index in [-0.39, 0.29) is 35.5 Å². The normalized spacial score (nSPS) is 14.8. The van der Waals surface area contributed by atoms with Gasteiger partial charge in [-0.3, -0.25) is 14.5 Å². The third-order valence-electron chi connectivity index (χ3n) is 4.59. The Balaban J connectivity index is 1.53. The highest BCUT2D eigenvalue weighted by atomic mass is 79.9. The first-order chi connectivity index (χ1) is 13.3. The summed E-state index contributed by atoms with van der Waals surface area (Å²) < 4.78 is 13.4. The molecule has 1 fully saturated rings. The second-order valence-electron chi connectivity index (χ2n) is 6.77. The van der Waals surface area contributed by atoms with Crippen LogP contribution in [0.1, 0.15) is 15.9 Å². The van der Waals surface area contributed by atoms with E-state index >= 15 is 0 Å². The fourth-order valence-corrected chi connectivity index (χ4v) is 3.69. The molecule has 28 heavy (non-hydrogen) atoms. The standard InChI is InChI=1S/C20H21BrFN3O3/c1-13-10-16(19(27)17(21)11-13)20(28)25-8-6-24(7-9-25)12-18(26)23-15-4-2-14(22)3-5-15/h2-5,10-11,27H,6-9,12H2,1H3,(H,23,26). The number of aryl methyl sites for hydroxylation is 1. The summed E-state index contributed by atoms with van der Waals surface area (Å²) in [4.78, 5) is 28.5. The predicted octanol–water partition coefficient (Wildman–Crippen LogP) is 3.00. The van der Waals surface area contributed by atoms with E-state index in [0.717, 1.165) is 5.56 Å². The molecule has 0 spiro atoms. The Morgan fingerprint density at radius 3 is 2.43 bits per heavy atom. The number of nitrogens with one attached hydrogen (secondary N) is 1. The second kappa shape index (κ2) is 8.70. The SMILES string of the molecule is Cc1cc(Br)c(O)c(C(=O)N2CCN(CC(=O)Nc3ccc(F)cc3)CC2)c1. The molecule has 0 saturated carbocycles. The summed E-state index contributed by atoms with van der Waals surface area (Å²) in [7, 11) is 0. The highest BCUT2D eigenvalue weighted by molar-refractivity contribution is 9.10. The number of phenols is 1. The van der Waals surface area contributed by atoms with Crippen LogP contribution in [0.15, 0.2) is 40.9 Å². The maximum absolute atomic E-state index is 12.9.